The molecule has 6 heteroatoms. The van der Waals surface area contributed by atoms with Gasteiger partial charge in [-0.1, -0.05) is 31.1 Å². The lowest BCUT2D eigenvalue weighted by Crippen LogP contribution is -2.13. The molecule has 0 radical (unpaired) electrons. The van der Waals surface area contributed by atoms with E-state index >= 15 is 0 Å². The first-order valence-corrected chi connectivity index (χ1v) is 7.83. The molecule has 3 aromatic rings. The van der Waals surface area contributed by atoms with Gasteiger partial charge in [0.15, 0.2) is 5.82 Å². The molecule has 0 aliphatic carbocycles. The van der Waals surface area contributed by atoms with Gasteiger partial charge in [-0.2, -0.15) is 10.2 Å². The van der Waals surface area contributed by atoms with Gasteiger partial charge in [-0.3, -0.25) is 4.79 Å². The summed E-state index contributed by atoms with van der Waals surface area (Å²) < 4.78 is 5.31. The quantitative estimate of drug-likeness (QED) is 0.780. The maximum Gasteiger partial charge on any atom is 0.258 e. The van der Waals surface area contributed by atoms with Crippen LogP contribution in [0.2, 0.25) is 0 Å². The van der Waals surface area contributed by atoms with Gasteiger partial charge in [0, 0.05) is 11.6 Å². The third-order valence-corrected chi connectivity index (χ3v) is 3.63. The van der Waals surface area contributed by atoms with Crippen LogP contribution in [0.3, 0.4) is 0 Å². The highest BCUT2D eigenvalue weighted by molar-refractivity contribution is 6.08. The summed E-state index contributed by atoms with van der Waals surface area (Å²) >= 11 is 0. The minimum absolute atomic E-state index is 0.136. The number of nitriles is 1. The van der Waals surface area contributed by atoms with Crippen molar-refractivity contribution in [1.82, 2.24) is 10.1 Å². The molecule has 124 valence electrons. The van der Waals surface area contributed by atoms with E-state index in [9.17, 15) is 4.79 Å². The number of aromatic nitrogens is 2. The van der Waals surface area contributed by atoms with E-state index in [0.717, 1.165) is 0 Å². The number of rotatable bonds is 4. The van der Waals surface area contributed by atoms with Gasteiger partial charge in [-0.15, -0.1) is 0 Å². The van der Waals surface area contributed by atoms with E-state index in [4.69, 9.17) is 9.78 Å². The summed E-state index contributed by atoms with van der Waals surface area (Å²) in [6, 6.07) is 15.8. The average Bonchev–Trinajstić information content (AvgIpc) is 3.12. The molecule has 1 N–H and O–H groups in total. The van der Waals surface area contributed by atoms with Crippen LogP contribution in [0.4, 0.5) is 5.69 Å². The third kappa shape index (κ3) is 3.56. The minimum Gasteiger partial charge on any atom is -0.334 e. The van der Waals surface area contributed by atoms with Crippen LogP contribution in [0.5, 0.6) is 0 Å². The van der Waals surface area contributed by atoms with Gasteiger partial charge in [0.05, 0.1) is 22.8 Å². The number of anilines is 1. The highest BCUT2D eigenvalue weighted by Gasteiger charge is 2.18. The molecule has 1 aromatic heterocycles. The number of carbonyl (C=O) groups is 1. The molecular formula is C19H16N4O2. The van der Waals surface area contributed by atoms with E-state index < -0.39 is 0 Å². The Hall–Kier alpha value is -3.46. The Bertz CT molecular complexity index is 937. The Kier molecular flexibility index (Phi) is 4.57. The van der Waals surface area contributed by atoms with Gasteiger partial charge in [0.2, 0.25) is 0 Å². The molecule has 0 fully saturated rings. The largest absolute Gasteiger partial charge is 0.334 e. The standard InChI is InChI=1S/C19H16N4O2/c1-12(2)17-22-19(25-23-17)16-6-4-3-5-15(16)18(24)21-14-9-7-13(11-20)8-10-14/h3-10,12H,1-2H3,(H,21,24). The number of nitrogens with one attached hydrogen (secondary N) is 1. The molecule has 0 saturated carbocycles. The second-order valence-electron chi connectivity index (χ2n) is 5.80. The van der Waals surface area contributed by atoms with Gasteiger partial charge in [0.1, 0.15) is 0 Å². The predicted octanol–water partition coefficient (Wildman–Crippen LogP) is 3.98. The zero-order valence-corrected chi connectivity index (χ0v) is 13.9. The molecule has 0 aliphatic heterocycles. The van der Waals surface area contributed by atoms with Crippen molar-refractivity contribution < 1.29 is 9.32 Å². The fraction of sp³-hybridized carbons (Fsp3) is 0.158. The Labute approximate surface area is 145 Å². The van der Waals surface area contributed by atoms with Crippen LogP contribution in [-0.4, -0.2) is 16.0 Å². The summed E-state index contributed by atoms with van der Waals surface area (Å²) in [6.07, 6.45) is 0. The van der Waals surface area contributed by atoms with Crippen molar-refractivity contribution in [3.8, 4) is 17.5 Å². The second-order valence-corrected chi connectivity index (χ2v) is 5.80. The Morgan fingerprint density at radius 1 is 1.16 bits per heavy atom. The average molecular weight is 332 g/mol. The first kappa shape index (κ1) is 16.4. The van der Waals surface area contributed by atoms with Gasteiger partial charge in [-0.05, 0) is 36.4 Å². The lowest BCUT2D eigenvalue weighted by molar-refractivity contribution is 0.102. The zero-order chi connectivity index (χ0) is 17.8. The van der Waals surface area contributed by atoms with Crippen LogP contribution in [0, 0.1) is 11.3 Å². The molecular weight excluding hydrogens is 316 g/mol. The van der Waals surface area contributed by atoms with E-state index in [1.807, 2.05) is 26.0 Å². The fourth-order valence-corrected chi connectivity index (χ4v) is 2.27. The lowest BCUT2D eigenvalue weighted by atomic mass is 10.1. The smallest absolute Gasteiger partial charge is 0.258 e. The molecule has 25 heavy (non-hydrogen) atoms. The van der Waals surface area contributed by atoms with Crippen molar-refractivity contribution in [2.75, 3.05) is 5.32 Å². The SMILES string of the molecule is CC(C)c1noc(-c2ccccc2C(=O)Nc2ccc(C#N)cc2)n1. The summed E-state index contributed by atoms with van der Waals surface area (Å²) in [4.78, 5) is 17.0. The van der Waals surface area contributed by atoms with Crippen molar-refractivity contribution >= 4 is 11.6 Å². The van der Waals surface area contributed by atoms with Crippen molar-refractivity contribution in [3.05, 3.63) is 65.5 Å². The molecule has 1 amide bonds. The predicted molar refractivity (Wildman–Crippen MR) is 92.9 cm³/mol. The van der Waals surface area contributed by atoms with Crippen LogP contribution in [-0.2, 0) is 0 Å². The normalized spacial score (nSPS) is 10.5. The van der Waals surface area contributed by atoms with Crippen LogP contribution < -0.4 is 5.32 Å². The lowest BCUT2D eigenvalue weighted by Gasteiger charge is -2.08. The van der Waals surface area contributed by atoms with Crippen LogP contribution in [0.1, 0.15) is 41.5 Å². The summed E-state index contributed by atoms with van der Waals surface area (Å²) in [7, 11) is 0. The number of hydrogen-bond acceptors (Lipinski definition) is 5. The highest BCUT2D eigenvalue weighted by atomic mass is 16.5. The van der Waals surface area contributed by atoms with Gasteiger partial charge in [-0.25, -0.2) is 0 Å². The maximum atomic E-state index is 12.6. The molecule has 0 atom stereocenters. The van der Waals surface area contributed by atoms with Crippen molar-refractivity contribution in [3.63, 3.8) is 0 Å². The molecule has 1 heterocycles. The molecule has 6 nitrogen and oxygen atoms in total. The minimum atomic E-state index is -0.287. The van der Waals surface area contributed by atoms with Crippen LogP contribution in [0.15, 0.2) is 53.1 Å². The molecule has 2 aromatic carbocycles. The molecule has 0 spiro atoms. The van der Waals surface area contributed by atoms with Gasteiger partial charge in [0.25, 0.3) is 11.8 Å². The van der Waals surface area contributed by atoms with Crippen LogP contribution >= 0.6 is 0 Å². The molecule has 0 bridgehead atoms. The molecule has 0 unspecified atom stereocenters. The first-order chi connectivity index (χ1) is 12.1. The highest BCUT2D eigenvalue weighted by Crippen LogP contribution is 2.24. The van der Waals surface area contributed by atoms with E-state index in [1.165, 1.54) is 0 Å². The Balaban J connectivity index is 1.88. The van der Waals surface area contributed by atoms with E-state index in [-0.39, 0.29) is 11.8 Å². The van der Waals surface area contributed by atoms with Crippen molar-refractivity contribution in [2.45, 2.75) is 19.8 Å². The summed E-state index contributed by atoms with van der Waals surface area (Å²) in [6.45, 7) is 3.94. The first-order valence-electron chi connectivity index (χ1n) is 7.83. The van der Waals surface area contributed by atoms with Gasteiger partial charge >= 0.3 is 0 Å². The van der Waals surface area contributed by atoms with E-state index in [1.54, 1.807) is 42.5 Å². The number of carbonyl (C=O) groups excluding carboxylic acids is 1. The van der Waals surface area contributed by atoms with Crippen LogP contribution in [0.25, 0.3) is 11.5 Å². The fourth-order valence-electron chi connectivity index (χ4n) is 2.27. The van der Waals surface area contributed by atoms with Crippen molar-refractivity contribution in [2.24, 2.45) is 0 Å². The molecule has 0 saturated heterocycles. The summed E-state index contributed by atoms with van der Waals surface area (Å²) in [5.74, 6) is 0.758. The number of benzene rings is 2. The Morgan fingerprint density at radius 2 is 1.88 bits per heavy atom. The third-order valence-electron chi connectivity index (χ3n) is 3.63. The summed E-state index contributed by atoms with van der Waals surface area (Å²) in [5, 5.41) is 15.6. The number of amides is 1. The maximum absolute atomic E-state index is 12.6. The monoisotopic (exact) mass is 332 g/mol. The van der Waals surface area contributed by atoms with Gasteiger partial charge < -0.3 is 9.84 Å². The van der Waals surface area contributed by atoms with E-state index in [2.05, 4.69) is 15.5 Å². The Morgan fingerprint density at radius 3 is 2.52 bits per heavy atom. The van der Waals surface area contributed by atoms with Crippen molar-refractivity contribution in [1.29, 1.82) is 5.26 Å². The zero-order valence-electron chi connectivity index (χ0n) is 13.9. The molecule has 0 aliphatic rings. The number of nitrogens with zero attached hydrogens (tertiary/aromatic N) is 3. The molecule has 3 rings (SSSR count). The summed E-state index contributed by atoms with van der Waals surface area (Å²) in [5.41, 5.74) is 2.15. The number of hydrogen-bond donors (Lipinski definition) is 1. The topological polar surface area (TPSA) is 91.8 Å². The van der Waals surface area contributed by atoms with E-state index in [0.29, 0.717) is 34.1 Å². The second kappa shape index (κ2) is 6.97.